The van der Waals surface area contributed by atoms with Crippen LogP contribution in [0.15, 0.2) is 22.7 Å². The van der Waals surface area contributed by atoms with Crippen molar-refractivity contribution in [2.24, 2.45) is 5.92 Å². The Morgan fingerprint density at radius 3 is 2.55 bits per heavy atom. The predicted molar refractivity (Wildman–Crippen MR) is 74.3 cm³/mol. The van der Waals surface area contributed by atoms with Gasteiger partial charge in [-0.25, -0.2) is 0 Å². The van der Waals surface area contributed by atoms with Gasteiger partial charge in [0.05, 0.1) is 11.3 Å². The van der Waals surface area contributed by atoms with Gasteiger partial charge >= 0.3 is 6.18 Å². The summed E-state index contributed by atoms with van der Waals surface area (Å²) >= 11 is 3.16. The topological polar surface area (TPSA) is 29.1 Å². The zero-order valence-corrected chi connectivity index (χ0v) is 12.4. The molecule has 0 bridgehead atoms. The van der Waals surface area contributed by atoms with E-state index in [1.54, 1.807) is 0 Å². The number of carbonyl (C=O) groups excluding carboxylic acids is 1. The van der Waals surface area contributed by atoms with Crippen molar-refractivity contribution in [1.29, 1.82) is 0 Å². The highest BCUT2D eigenvalue weighted by molar-refractivity contribution is 9.10. The molecule has 110 valence electrons. The van der Waals surface area contributed by atoms with Crippen molar-refractivity contribution in [1.82, 2.24) is 0 Å². The van der Waals surface area contributed by atoms with Crippen molar-refractivity contribution in [2.45, 2.75) is 38.3 Å². The van der Waals surface area contributed by atoms with Crippen LogP contribution in [0.5, 0.6) is 0 Å². The summed E-state index contributed by atoms with van der Waals surface area (Å²) in [5.41, 5.74) is -0.598. The molecule has 1 aliphatic carbocycles. The maximum absolute atomic E-state index is 12.6. The summed E-state index contributed by atoms with van der Waals surface area (Å²) in [7, 11) is 0. The summed E-state index contributed by atoms with van der Waals surface area (Å²) in [4.78, 5) is 11.9. The molecule has 0 radical (unpaired) electrons. The second kappa shape index (κ2) is 6.16. The molecular formula is C14H15BrF3NO. The number of hydrogen-bond donors (Lipinski definition) is 1. The molecule has 0 heterocycles. The van der Waals surface area contributed by atoms with Crippen LogP contribution in [0, 0.1) is 5.92 Å². The average molecular weight is 350 g/mol. The lowest BCUT2D eigenvalue weighted by atomic mass is 10.0. The fraction of sp³-hybridized carbons (Fsp3) is 0.500. The molecule has 1 fully saturated rings. The minimum Gasteiger partial charge on any atom is -0.325 e. The molecule has 0 aromatic heterocycles. The Morgan fingerprint density at radius 2 is 1.95 bits per heavy atom. The maximum atomic E-state index is 12.6. The van der Waals surface area contributed by atoms with E-state index in [2.05, 4.69) is 21.2 Å². The van der Waals surface area contributed by atoms with Gasteiger partial charge in [0.15, 0.2) is 0 Å². The van der Waals surface area contributed by atoms with Gasteiger partial charge in [-0.1, -0.05) is 12.8 Å². The molecular weight excluding hydrogens is 335 g/mol. The van der Waals surface area contributed by atoms with Gasteiger partial charge in [-0.15, -0.1) is 0 Å². The van der Waals surface area contributed by atoms with Crippen molar-refractivity contribution in [3.05, 3.63) is 28.2 Å². The van der Waals surface area contributed by atoms with E-state index in [-0.39, 0.29) is 11.6 Å². The van der Waals surface area contributed by atoms with Crippen LogP contribution < -0.4 is 5.32 Å². The highest BCUT2D eigenvalue weighted by Gasteiger charge is 2.31. The molecule has 1 saturated carbocycles. The lowest BCUT2D eigenvalue weighted by Gasteiger charge is -2.13. The Labute approximate surface area is 123 Å². The summed E-state index contributed by atoms with van der Waals surface area (Å²) in [5, 5.41) is 2.56. The van der Waals surface area contributed by atoms with Gasteiger partial charge in [-0.2, -0.15) is 13.2 Å². The van der Waals surface area contributed by atoms with Gasteiger partial charge in [0.2, 0.25) is 5.91 Å². The average Bonchev–Trinajstić information content (AvgIpc) is 2.83. The molecule has 0 aliphatic heterocycles. The first-order chi connectivity index (χ1) is 9.36. The zero-order chi connectivity index (χ0) is 14.8. The molecule has 1 aliphatic rings. The SMILES string of the molecule is O=C(CC1CCCC1)Nc1cc(C(F)(F)F)ccc1Br. The van der Waals surface area contributed by atoms with E-state index in [1.807, 2.05) is 0 Å². The van der Waals surface area contributed by atoms with E-state index >= 15 is 0 Å². The molecule has 20 heavy (non-hydrogen) atoms. The first-order valence-electron chi connectivity index (χ1n) is 6.53. The van der Waals surface area contributed by atoms with E-state index in [9.17, 15) is 18.0 Å². The number of alkyl halides is 3. The highest BCUT2D eigenvalue weighted by Crippen LogP contribution is 2.34. The molecule has 0 saturated heterocycles. The summed E-state index contributed by atoms with van der Waals surface area (Å²) < 4.78 is 38.4. The quantitative estimate of drug-likeness (QED) is 0.818. The van der Waals surface area contributed by atoms with Crippen LogP contribution in [0.2, 0.25) is 0 Å². The number of benzene rings is 1. The highest BCUT2D eigenvalue weighted by atomic mass is 79.9. The Kier molecular flexibility index (Phi) is 4.73. The number of anilines is 1. The van der Waals surface area contributed by atoms with Crippen LogP contribution in [0.1, 0.15) is 37.7 Å². The zero-order valence-electron chi connectivity index (χ0n) is 10.8. The van der Waals surface area contributed by atoms with E-state index in [0.717, 1.165) is 37.8 Å². The molecule has 1 amide bonds. The lowest BCUT2D eigenvalue weighted by Crippen LogP contribution is -2.16. The van der Waals surface area contributed by atoms with Crippen molar-refractivity contribution < 1.29 is 18.0 Å². The lowest BCUT2D eigenvalue weighted by molar-refractivity contribution is -0.137. The van der Waals surface area contributed by atoms with Gasteiger partial charge in [0, 0.05) is 10.9 Å². The molecule has 0 atom stereocenters. The molecule has 0 unspecified atom stereocenters. The van der Waals surface area contributed by atoms with E-state index < -0.39 is 11.7 Å². The Hall–Kier alpha value is -1.04. The van der Waals surface area contributed by atoms with Crippen LogP contribution in [-0.2, 0) is 11.0 Å². The van der Waals surface area contributed by atoms with Crippen LogP contribution in [0.4, 0.5) is 18.9 Å². The number of halogens is 4. The summed E-state index contributed by atoms with van der Waals surface area (Å²) in [5.74, 6) is 0.136. The first-order valence-corrected chi connectivity index (χ1v) is 7.32. The standard InChI is InChI=1S/C14H15BrF3NO/c15-11-6-5-10(14(16,17)18)8-12(11)19-13(20)7-9-3-1-2-4-9/h5-6,8-9H,1-4,7H2,(H,19,20). The normalized spacial score (nSPS) is 16.4. The van der Waals surface area contributed by atoms with E-state index in [1.165, 1.54) is 6.07 Å². The smallest absolute Gasteiger partial charge is 0.325 e. The third-order valence-electron chi connectivity index (χ3n) is 3.52. The second-order valence-corrected chi connectivity index (χ2v) is 5.95. The fourth-order valence-electron chi connectivity index (χ4n) is 2.48. The number of nitrogens with one attached hydrogen (secondary N) is 1. The van der Waals surface area contributed by atoms with E-state index in [4.69, 9.17) is 0 Å². The largest absolute Gasteiger partial charge is 0.416 e. The Bertz CT molecular complexity index is 496. The summed E-state index contributed by atoms with van der Waals surface area (Å²) in [6.45, 7) is 0. The third-order valence-corrected chi connectivity index (χ3v) is 4.21. The van der Waals surface area contributed by atoms with Gasteiger partial charge in [-0.3, -0.25) is 4.79 Å². The summed E-state index contributed by atoms with van der Waals surface area (Å²) in [6.07, 6.45) is 0.277. The monoisotopic (exact) mass is 349 g/mol. The molecule has 2 rings (SSSR count). The second-order valence-electron chi connectivity index (χ2n) is 5.10. The first kappa shape index (κ1) is 15.4. The molecule has 0 spiro atoms. The Morgan fingerprint density at radius 1 is 1.30 bits per heavy atom. The van der Waals surface area contributed by atoms with Crippen molar-refractivity contribution >= 4 is 27.5 Å². The predicted octanol–water partition coefficient (Wildman–Crippen LogP) is 4.99. The van der Waals surface area contributed by atoms with Crippen molar-refractivity contribution in [3.63, 3.8) is 0 Å². The third kappa shape index (κ3) is 3.98. The number of rotatable bonds is 3. The van der Waals surface area contributed by atoms with E-state index in [0.29, 0.717) is 16.8 Å². The van der Waals surface area contributed by atoms with Gasteiger partial charge < -0.3 is 5.32 Å². The number of amides is 1. The minimum absolute atomic E-state index is 0.169. The van der Waals surface area contributed by atoms with Crippen molar-refractivity contribution in [3.8, 4) is 0 Å². The van der Waals surface area contributed by atoms with Gasteiger partial charge in [-0.05, 0) is 52.9 Å². The van der Waals surface area contributed by atoms with Crippen LogP contribution in [0.3, 0.4) is 0 Å². The van der Waals surface area contributed by atoms with Crippen LogP contribution in [-0.4, -0.2) is 5.91 Å². The van der Waals surface area contributed by atoms with Crippen molar-refractivity contribution in [2.75, 3.05) is 5.32 Å². The fourth-order valence-corrected chi connectivity index (χ4v) is 2.82. The van der Waals surface area contributed by atoms with Gasteiger partial charge in [0.25, 0.3) is 0 Å². The molecule has 1 aromatic rings. The van der Waals surface area contributed by atoms with Crippen LogP contribution in [0.25, 0.3) is 0 Å². The Balaban J connectivity index is 2.06. The van der Waals surface area contributed by atoms with Crippen LogP contribution >= 0.6 is 15.9 Å². The molecule has 2 nitrogen and oxygen atoms in total. The maximum Gasteiger partial charge on any atom is 0.416 e. The molecule has 6 heteroatoms. The number of hydrogen-bond acceptors (Lipinski definition) is 1. The number of carbonyl (C=O) groups is 1. The molecule has 1 aromatic carbocycles. The van der Waals surface area contributed by atoms with Gasteiger partial charge in [0.1, 0.15) is 0 Å². The minimum atomic E-state index is -4.41. The summed E-state index contributed by atoms with van der Waals surface area (Å²) in [6, 6.07) is 3.24. The molecule has 1 N–H and O–H groups in total.